The van der Waals surface area contributed by atoms with Crippen molar-refractivity contribution in [2.24, 2.45) is 0 Å². The molecule has 3 amide bonds. The summed E-state index contributed by atoms with van der Waals surface area (Å²) in [5, 5.41) is 2.99. The van der Waals surface area contributed by atoms with Crippen molar-refractivity contribution in [3.63, 3.8) is 0 Å². The Morgan fingerprint density at radius 1 is 0.902 bits per heavy atom. The maximum Gasteiger partial charge on any atom is 0.318 e. The minimum atomic E-state index is -0.270. The van der Waals surface area contributed by atoms with Gasteiger partial charge in [0.15, 0.2) is 11.5 Å². The van der Waals surface area contributed by atoms with Crippen molar-refractivity contribution in [3.8, 4) is 11.5 Å². The van der Waals surface area contributed by atoms with Crippen LogP contribution in [0.5, 0.6) is 11.5 Å². The second-order valence-corrected chi connectivity index (χ2v) is 9.85. The van der Waals surface area contributed by atoms with E-state index < -0.39 is 0 Å². The van der Waals surface area contributed by atoms with Gasteiger partial charge in [-0.15, -0.1) is 0 Å². The number of amides is 3. The Balaban J connectivity index is 1.44. The molecule has 3 aromatic rings. The summed E-state index contributed by atoms with van der Waals surface area (Å²) in [6, 6.07) is 18.9. The Hall–Kier alpha value is -4.02. The number of carbonyl (C=O) groups is 2. The summed E-state index contributed by atoms with van der Waals surface area (Å²) < 4.78 is 21.8. The highest BCUT2D eigenvalue weighted by atomic mass is 16.5. The molecule has 0 atom stereocenters. The van der Waals surface area contributed by atoms with Crippen LogP contribution < -0.4 is 14.8 Å². The second kappa shape index (κ2) is 15.7. The van der Waals surface area contributed by atoms with E-state index >= 15 is 0 Å². The fraction of sp³-hybridized carbons (Fsp3) is 0.419. The molecule has 220 valence electrons. The molecule has 41 heavy (non-hydrogen) atoms. The zero-order valence-corrected chi connectivity index (χ0v) is 23.9. The zero-order chi connectivity index (χ0) is 28.9. The van der Waals surface area contributed by atoms with Gasteiger partial charge in [-0.2, -0.15) is 0 Å². The van der Waals surface area contributed by atoms with Gasteiger partial charge in [0.25, 0.3) is 0 Å². The lowest BCUT2D eigenvalue weighted by Crippen LogP contribution is -2.50. The van der Waals surface area contributed by atoms with Gasteiger partial charge < -0.3 is 33.7 Å². The Bertz CT molecular complexity index is 1210. The van der Waals surface area contributed by atoms with E-state index in [2.05, 4.69) is 10.2 Å². The molecule has 10 nitrogen and oxygen atoms in total. The minimum Gasteiger partial charge on any atom is -0.493 e. The van der Waals surface area contributed by atoms with Crippen LogP contribution in [-0.2, 0) is 29.0 Å². The fourth-order valence-corrected chi connectivity index (χ4v) is 4.67. The van der Waals surface area contributed by atoms with Crippen molar-refractivity contribution in [1.82, 2.24) is 20.0 Å². The molecule has 1 fully saturated rings. The third-order valence-corrected chi connectivity index (χ3v) is 7.09. The van der Waals surface area contributed by atoms with Gasteiger partial charge in [0, 0.05) is 39.3 Å². The lowest BCUT2D eigenvalue weighted by Gasteiger charge is -2.31. The molecule has 4 rings (SSSR count). The van der Waals surface area contributed by atoms with Crippen LogP contribution in [0.3, 0.4) is 0 Å². The van der Waals surface area contributed by atoms with Crippen LogP contribution in [-0.4, -0.2) is 93.3 Å². The first-order valence-electron chi connectivity index (χ1n) is 13.9. The maximum absolute atomic E-state index is 13.7. The molecular formula is C31H40N4O6. The van der Waals surface area contributed by atoms with E-state index in [1.807, 2.05) is 54.6 Å². The Morgan fingerprint density at radius 2 is 1.68 bits per heavy atom. The number of hydrogen-bond acceptors (Lipinski definition) is 7. The van der Waals surface area contributed by atoms with Crippen molar-refractivity contribution in [3.05, 3.63) is 83.8 Å². The molecule has 2 aromatic carbocycles. The Morgan fingerprint density at radius 3 is 2.39 bits per heavy atom. The number of rotatable bonds is 14. The van der Waals surface area contributed by atoms with Crippen LogP contribution in [0.1, 0.15) is 16.9 Å². The van der Waals surface area contributed by atoms with Crippen LogP contribution >= 0.6 is 0 Å². The molecule has 0 saturated carbocycles. The number of nitrogens with one attached hydrogen (secondary N) is 1. The number of morpholine rings is 1. The largest absolute Gasteiger partial charge is 0.493 e. The highest BCUT2D eigenvalue weighted by Gasteiger charge is 2.23. The van der Waals surface area contributed by atoms with E-state index in [1.165, 1.54) is 0 Å². The number of nitrogens with zero attached hydrogens (tertiary/aromatic N) is 3. The molecule has 1 aliphatic heterocycles. The van der Waals surface area contributed by atoms with Gasteiger partial charge >= 0.3 is 6.03 Å². The van der Waals surface area contributed by atoms with Crippen LogP contribution in [0.25, 0.3) is 0 Å². The third-order valence-electron chi connectivity index (χ3n) is 7.09. The van der Waals surface area contributed by atoms with Gasteiger partial charge in [0.1, 0.15) is 12.3 Å². The average Bonchev–Trinajstić information content (AvgIpc) is 3.54. The summed E-state index contributed by atoms with van der Waals surface area (Å²) in [4.78, 5) is 32.7. The summed E-state index contributed by atoms with van der Waals surface area (Å²) in [5.41, 5.74) is 2.00. The highest BCUT2D eigenvalue weighted by molar-refractivity contribution is 5.84. The van der Waals surface area contributed by atoms with E-state index in [1.54, 1.807) is 36.3 Å². The van der Waals surface area contributed by atoms with E-state index in [-0.39, 0.29) is 18.5 Å². The zero-order valence-electron chi connectivity index (χ0n) is 23.9. The van der Waals surface area contributed by atoms with Crippen LogP contribution in [0.4, 0.5) is 4.79 Å². The number of furan rings is 1. The quantitative estimate of drug-likeness (QED) is 0.321. The van der Waals surface area contributed by atoms with Crippen LogP contribution in [0, 0.1) is 0 Å². The summed E-state index contributed by atoms with van der Waals surface area (Å²) >= 11 is 0. The lowest BCUT2D eigenvalue weighted by atomic mass is 10.1. The number of urea groups is 1. The molecule has 1 N–H and O–H groups in total. The van der Waals surface area contributed by atoms with E-state index in [0.717, 1.165) is 24.2 Å². The number of carbonyl (C=O) groups excluding carboxylic acids is 2. The van der Waals surface area contributed by atoms with Crippen molar-refractivity contribution >= 4 is 11.9 Å². The monoisotopic (exact) mass is 564 g/mol. The number of ether oxygens (including phenoxy) is 3. The van der Waals surface area contributed by atoms with Gasteiger partial charge in [0.2, 0.25) is 5.91 Å². The van der Waals surface area contributed by atoms with E-state index in [0.29, 0.717) is 69.6 Å². The molecule has 1 aromatic heterocycles. The van der Waals surface area contributed by atoms with Crippen molar-refractivity contribution < 1.29 is 28.2 Å². The van der Waals surface area contributed by atoms with E-state index in [9.17, 15) is 9.59 Å². The predicted octanol–water partition coefficient (Wildman–Crippen LogP) is 3.41. The van der Waals surface area contributed by atoms with Crippen molar-refractivity contribution in [2.75, 3.05) is 66.7 Å². The van der Waals surface area contributed by atoms with Gasteiger partial charge in [-0.25, -0.2) is 4.79 Å². The van der Waals surface area contributed by atoms with Crippen molar-refractivity contribution in [1.29, 1.82) is 0 Å². The number of benzene rings is 2. The molecule has 2 heterocycles. The van der Waals surface area contributed by atoms with Gasteiger partial charge in [0.05, 0.1) is 40.2 Å². The van der Waals surface area contributed by atoms with Crippen molar-refractivity contribution in [2.45, 2.75) is 19.5 Å². The second-order valence-electron chi connectivity index (χ2n) is 9.85. The first-order chi connectivity index (χ1) is 20.1. The smallest absolute Gasteiger partial charge is 0.318 e. The summed E-state index contributed by atoms with van der Waals surface area (Å²) in [7, 11) is 3.20. The average molecular weight is 565 g/mol. The van der Waals surface area contributed by atoms with Crippen LogP contribution in [0.15, 0.2) is 71.3 Å². The Kier molecular flexibility index (Phi) is 11.5. The third kappa shape index (κ3) is 9.26. The standard InChI is InChI=1S/C31H40N4O6/c1-38-28-11-10-25(21-29(28)39-2)12-13-34(23-27-9-6-18-41-27)30(36)24-35(15-14-33-16-19-40-20-17-33)31(37)32-22-26-7-4-3-5-8-26/h3-11,18,21H,12-17,19-20,22-24H2,1-2H3,(H,32,37). The lowest BCUT2D eigenvalue weighted by molar-refractivity contribution is -0.132. The molecule has 0 radical (unpaired) electrons. The summed E-state index contributed by atoms with van der Waals surface area (Å²) in [6.07, 6.45) is 2.19. The Labute approximate surface area is 241 Å². The molecular weight excluding hydrogens is 524 g/mol. The molecule has 0 bridgehead atoms. The molecule has 10 heteroatoms. The topological polar surface area (TPSA) is 96.7 Å². The molecule has 0 spiro atoms. The van der Waals surface area contributed by atoms with Gasteiger partial charge in [-0.05, 0) is 41.8 Å². The first kappa shape index (κ1) is 30.0. The first-order valence-corrected chi connectivity index (χ1v) is 13.9. The normalized spacial score (nSPS) is 13.4. The number of methoxy groups -OCH3 is 2. The van der Waals surface area contributed by atoms with Crippen LogP contribution in [0.2, 0.25) is 0 Å². The molecule has 1 aliphatic rings. The predicted molar refractivity (Wildman–Crippen MR) is 155 cm³/mol. The molecule has 1 saturated heterocycles. The van der Waals surface area contributed by atoms with E-state index in [4.69, 9.17) is 18.6 Å². The minimum absolute atomic E-state index is 0.0440. The van der Waals surface area contributed by atoms with Gasteiger partial charge in [-0.1, -0.05) is 36.4 Å². The highest BCUT2D eigenvalue weighted by Crippen LogP contribution is 2.27. The number of hydrogen-bond donors (Lipinski definition) is 1. The summed E-state index contributed by atoms with van der Waals surface area (Å²) in [6.45, 7) is 5.15. The maximum atomic E-state index is 13.7. The van der Waals surface area contributed by atoms with Gasteiger partial charge in [-0.3, -0.25) is 9.69 Å². The molecule has 0 unspecified atom stereocenters. The fourth-order valence-electron chi connectivity index (χ4n) is 4.67. The SMILES string of the molecule is COc1ccc(CCN(Cc2ccco2)C(=O)CN(CCN2CCOCC2)C(=O)NCc2ccccc2)cc1OC. The summed E-state index contributed by atoms with van der Waals surface area (Å²) in [5.74, 6) is 1.81. The molecule has 0 aliphatic carbocycles.